The lowest BCUT2D eigenvalue weighted by atomic mass is 9.93. The second kappa shape index (κ2) is 4.76. The Morgan fingerprint density at radius 1 is 1.10 bits per heavy atom. The standard InChI is InChI=1S/C15H13F2NO2/c16-9-1-2-14-12(6-9)13(18)7-15(20-14)8-3-10(17)5-11(19)4-8/h1-6,13,15,19H,7,18H2/t13-,15?/m0/s1. The topological polar surface area (TPSA) is 55.5 Å². The summed E-state index contributed by atoms with van der Waals surface area (Å²) in [5.41, 5.74) is 7.12. The van der Waals surface area contributed by atoms with Crippen molar-refractivity contribution in [2.45, 2.75) is 18.6 Å². The van der Waals surface area contributed by atoms with Crippen molar-refractivity contribution in [2.75, 3.05) is 0 Å². The summed E-state index contributed by atoms with van der Waals surface area (Å²) in [4.78, 5) is 0. The summed E-state index contributed by atoms with van der Waals surface area (Å²) in [6.07, 6.45) is -0.0798. The molecule has 1 unspecified atom stereocenters. The third-order valence-electron chi connectivity index (χ3n) is 3.39. The predicted molar refractivity (Wildman–Crippen MR) is 69.4 cm³/mol. The summed E-state index contributed by atoms with van der Waals surface area (Å²) in [6.45, 7) is 0. The van der Waals surface area contributed by atoms with Crippen LogP contribution in [0.3, 0.4) is 0 Å². The molecule has 0 amide bonds. The molecule has 0 radical (unpaired) electrons. The van der Waals surface area contributed by atoms with E-state index in [1.807, 2.05) is 0 Å². The van der Waals surface area contributed by atoms with Crippen LogP contribution in [-0.4, -0.2) is 5.11 Å². The predicted octanol–water partition coefficient (Wildman–Crippen LogP) is 3.19. The molecule has 1 aliphatic heterocycles. The Kier molecular flexibility index (Phi) is 3.06. The molecule has 0 aromatic heterocycles. The van der Waals surface area contributed by atoms with Crippen molar-refractivity contribution in [1.82, 2.24) is 0 Å². The largest absolute Gasteiger partial charge is 0.508 e. The van der Waals surface area contributed by atoms with Gasteiger partial charge in [0.15, 0.2) is 0 Å². The van der Waals surface area contributed by atoms with Crippen LogP contribution in [0, 0.1) is 11.6 Å². The molecule has 20 heavy (non-hydrogen) atoms. The minimum atomic E-state index is -0.540. The maximum absolute atomic E-state index is 13.3. The highest BCUT2D eigenvalue weighted by Crippen LogP contribution is 2.40. The summed E-state index contributed by atoms with van der Waals surface area (Å²) in [7, 11) is 0. The fraction of sp³-hybridized carbons (Fsp3) is 0.200. The quantitative estimate of drug-likeness (QED) is 0.841. The zero-order chi connectivity index (χ0) is 14.3. The number of phenolic OH excluding ortho intramolecular Hbond substituents is 1. The molecule has 3 N–H and O–H groups in total. The van der Waals surface area contributed by atoms with E-state index in [9.17, 15) is 13.9 Å². The second-order valence-electron chi connectivity index (χ2n) is 4.87. The molecule has 0 spiro atoms. The van der Waals surface area contributed by atoms with Crippen molar-refractivity contribution in [2.24, 2.45) is 5.73 Å². The Bertz CT molecular complexity index is 640. The van der Waals surface area contributed by atoms with Crippen LogP contribution in [0.4, 0.5) is 8.78 Å². The molecule has 2 atom stereocenters. The highest BCUT2D eigenvalue weighted by molar-refractivity contribution is 5.40. The van der Waals surface area contributed by atoms with Gasteiger partial charge in [-0.15, -0.1) is 0 Å². The SMILES string of the molecule is N[C@H]1CC(c2cc(O)cc(F)c2)Oc2ccc(F)cc21. The first kappa shape index (κ1) is 12.9. The number of nitrogens with two attached hydrogens (primary N) is 1. The molecule has 3 nitrogen and oxygen atoms in total. The van der Waals surface area contributed by atoms with E-state index >= 15 is 0 Å². The van der Waals surface area contributed by atoms with Gasteiger partial charge in [0, 0.05) is 24.1 Å². The van der Waals surface area contributed by atoms with Crippen molar-refractivity contribution in [1.29, 1.82) is 0 Å². The molecule has 5 heteroatoms. The van der Waals surface area contributed by atoms with Gasteiger partial charge in [0.25, 0.3) is 0 Å². The van der Waals surface area contributed by atoms with E-state index in [-0.39, 0.29) is 11.6 Å². The average Bonchev–Trinajstić information content (AvgIpc) is 2.38. The molecule has 0 saturated heterocycles. The van der Waals surface area contributed by atoms with Gasteiger partial charge in [-0.25, -0.2) is 8.78 Å². The molecule has 1 heterocycles. The Hall–Kier alpha value is -2.14. The number of halogens is 2. The zero-order valence-corrected chi connectivity index (χ0v) is 10.5. The number of hydrogen-bond acceptors (Lipinski definition) is 3. The summed E-state index contributed by atoms with van der Waals surface area (Å²) in [5, 5.41) is 9.45. The molecule has 0 bridgehead atoms. The van der Waals surface area contributed by atoms with Crippen molar-refractivity contribution in [3.05, 3.63) is 59.2 Å². The van der Waals surface area contributed by atoms with Gasteiger partial charge in [0.05, 0.1) is 0 Å². The Morgan fingerprint density at radius 3 is 2.65 bits per heavy atom. The maximum atomic E-state index is 13.3. The Morgan fingerprint density at radius 2 is 1.90 bits per heavy atom. The van der Waals surface area contributed by atoms with Gasteiger partial charge in [-0.05, 0) is 35.9 Å². The van der Waals surface area contributed by atoms with Gasteiger partial charge in [0.1, 0.15) is 29.2 Å². The van der Waals surface area contributed by atoms with Crippen molar-refractivity contribution < 1.29 is 18.6 Å². The second-order valence-corrected chi connectivity index (χ2v) is 4.87. The zero-order valence-electron chi connectivity index (χ0n) is 10.5. The van der Waals surface area contributed by atoms with E-state index in [1.54, 1.807) is 0 Å². The normalized spacial score (nSPS) is 21.1. The fourth-order valence-electron chi connectivity index (χ4n) is 2.46. The van der Waals surface area contributed by atoms with Crippen molar-refractivity contribution in [3.63, 3.8) is 0 Å². The smallest absolute Gasteiger partial charge is 0.127 e. The minimum Gasteiger partial charge on any atom is -0.508 e. The van der Waals surface area contributed by atoms with E-state index < -0.39 is 18.0 Å². The number of hydrogen-bond donors (Lipinski definition) is 2. The monoisotopic (exact) mass is 277 g/mol. The van der Waals surface area contributed by atoms with Crippen LogP contribution in [-0.2, 0) is 0 Å². The van der Waals surface area contributed by atoms with E-state index in [2.05, 4.69) is 0 Å². The number of fused-ring (bicyclic) bond motifs is 1. The lowest BCUT2D eigenvalue weighted by Crippen LogP contribution is -2.24. The van der Waals surface area contributed by atoms with Gasteiger partial charge in [-0.2, -0.15) is 0 Å². The van der Waals surface area contributed by atoms with Crippen LogP contribution in [0.1, 0.15) is 29.7 Å². The molecule has 104 valence electrons. The lowest BCUT2D eigenvalue weighted by molar-refractivity contribution is 0.160. The van der Waals surface area contributed by atoms with Crippen LogP contribution in [0.15, 0.2) is 36.4 Å². The molecule has 0 fully saturated rings. The highest BCUT2D eigenvalue weighted by atomic mass is 19.1. The van der Waals surface area contributed by atoms with Crippen molar-refractivity contribution in [3.8, 4) is 11.5 Å². The number of benzene rings is 2. The molecule has 3 rings (SSSR count). The van der Waals surface area contributed by atoms with Crippen LogP contribution in [0.2, 0.25) is 0 Å². The van der Waals surface area contributed by atoms with E-state index in [1.165, 1.54) is 30.3 Å². The van der Waals surface area contributed by atoms with Gasteiger partial charge in [-0.3, -0.25) is 0 Å². The maximum Gasteiger partial charge on any atom is 0.127 e. The van der Waals surface area contributed by atoms with E-state index in [0.717, 1.165) is 6.07 Å². The summed E-state index contributed by atoms with van der Waals surface area (Å²) >= 11 is 0. The number of ether oxygens (including phenoxy) is 1. The van der Waals surface area contributed by atoms with Crippen molar-refractivity contribution >= 4 is 0 Å². The average molecular weight is 277 g/mol. The van der Waals surface area contributed by atoms with Gasteiger partial charge in [0.2, 0.25) is 0 Å². The van der Waals surface area contributed by atoms with Gasteiger partial charge < -0.3 is 15.6 Å². The molecule has 0 saturated carbocycles. The highest BCUT2D eigenvalue weighted by Gasteiger charge is 2.28. The van der Waals surface area contributed by atoms with Gasteiger partial charge >= 0.3 is 0 Å². The third-order valence-corrected chi connectivity index (χ3v) is 3.39. The fourth-order valence-corrected chi connectivity index (χ4v) is 2.46. The number of aromatic hydroxyl groups is 1. The molecular formula is C15H13F2NO2. The number of rotatable bonds is 1. The first-order valence-electron chi connectivity index (χ1n) is 6.24. The van der Waals surface area contributed by atoms with Gasteiger partial charge in [-0.1, -0.05) is 0 Å². The van der Waals surface area contributed by atoms with Crippen LogP contribution < -0.4 is 10.5 Å². The van der Waals surface area contributed by atoms with E-state index in [4.69, 9.17) is 10.5 Å². The summed E-state index contributed by atoms with van der Waals surface area (Å²) < 4.78 is 32.3. The van der Waals surface area contributed by atoms with Crippen LogP contribution in [0.5, 0.6) is 11.5 Å². The van der Waals surface area contributed by atoms with Crippen LogP contribution >= 0.6 is 0 Å². The first-order valence-corrected chi connectivity index (χ1v) is 6.24. The Balaban J connectivity index is 1.96. The molecule has 1 aliphatic rings. The first-order chi connectivity index (χ1) is 9.52. The summed E-state index contributed by atoms with van der Waals surface area (Å²) in [6, 6.07) is 7.51. The molecule has 0 aliphatic carbocycles. The number of phenols is 1. The third kappa shape index (κ3) is 2.32. The molecular weight excluding hydrogens is 264 g/mol. The lowest BCUT2D eigenvalue weighted by Gasteiger charge is -2.30. The Labute approximate surface area is 114 Å². The van der Waals surface area contributed by atoms with E-state index in [0.29, 0.717) is 23.3 Å². The molecule has 2 aromatic carbocycles. The summed E-state index contributed by atoms with van der Waals surface area (Å²) in [5.74, 6) is -0.590. The molecule has 2 aromatic rings. The van der Waals surface area contributed by atoms with Crippen LogP contribution in [0.25, 0.3) is 0 Å². The minimum absolute atomic E-state index is 0.165.